The molecule has 204 valence electrons. The molecule has 0 unspecified atom stereocenters. The summed E-state index contributed by atoms with van der Waals surface area (Å²) in [5.41, 5.74) is 0.542. The van der Waals surface area contributed by atoms with Crippen LogP contribution in [0, 0.1) is 34.5 Å². The van der Waals surface area contributed by atoms with Gasteiger partial charge in [0.1, 0.15) is 0 Å². The predicted molar refractivity (Wildman–Crippen MR) is 143 cm³/mol. The number of fused-ring (bicyclic) bond motifs is 5. The number of esters is 2. The zero-order valence-electron chi connectivity index (χ0n) is 22.8. The normalized spacial score (nSPS) is 35.6. The fourth-order valence-corrected chi connectivity index (χ4v) is 8.51. The molecule has 38 heavy (non-hydrogen) atoms. The maximum Gasteiger partial charge on any atom is 0.345 e. The van der Waals surface area contributed by atoms with Crippen molar-refractivity contribution in [1.29, 1.82) is 0 Å². The summed E-state index contributed by atoms with van der Waals surface area (Å²) in [6.07, 6.45) is 10.7. The first kappa shape index (κ1) is 26.6. The van der Waals surface area contributed by atoms with Crippen LogP contribution in [-0.2, 0) is 19.1 Å². The summed E-state index contributed by atoms with van der Waals surface area (Å²) in [6.45, 7) is 5.41. The lowest BCUT2D eigenvalue weighted by molar-refractivity contribution is -0.139. The van der Waals surface area contributed by atoms with Crippen molar-refractivity contribution >= 4 is 23.8 Å². The van der Waals surface area contributed by atoms with Gasteiger partial charge < -0.3 is 15.0 Å². The highest BCUT2D eigenvalue weighted by molar-refractivity contribution is 5.97. The Morgan fingerprint density at radius 2 is 1.76 bits per heavy atom. The molecule has 0 saturated heterocycles. The molecule has 0 aromatic heterocycles. The summed E-state index contributed by atoms with van der Waals surface area (Å²) in [7, 11) is 1.96. The van der Waals surface area contributed by atoms with E-state index in [9.17, 15) is 19.2 Å². The van der Waals surface area contributed by atoms with Gasteiger partial charge in [0.15, 0.2) is 0 Å². The minimum atomic E-state index is -0.693. The van der Waals surface area contributed by atoms with Crippen LogP contribution in [0.15, 0.2) is 42.5 Å². The van der Waals surface area contributed by atoms with Gasteiger partial charge in [-0.3, -0.25) is 14.4 Å². The number of likely N-dealkylation sites (N-methyl/N-ethyl adjacent to an activating group) is 1. The van der Waals surface area contributed by atoms with Crippen LogP contribution < -0.4 is 5.32 Å². The van der Waals surface area contributed by atoms with Crippen molar-refractivity contribution < 1.29 is 23.9 Å². The first-order valence-corrected chi connectivity index (χ1v) is 14.2. The zero-order chi connectivity index (χ0) is 27.1. The average molecular weight is 521 g/mol. The first-order valence-electron chi connectivity index (χ1n) is 14.2. The van der Waals surface area contributed by atoms with Crippen LogP contribution in [0.4, 0.5) is 0 Å². The number of carbonyl (C=O) groups is 4. The minimum Gasteiger partial charge on any atom is -0.389 e. The van der Waals surface area contributed by atoms with Crippen molar-refractivity contribution in [3.05, 3.63) is 48.0 Å². The van der Waals surface area contributed by atoms with Gasteiger partial charge in [0.25, 0.3) is 0 Å². The maximum atomic E-state index is 12.6. The molecule has 5 rings (SSSR count). The van der Waals surface area contributed by atoms with Gasteiger partial charge in [-0.25, -0.2) is 4.79 Å². The summed E-state index contributed by atoms with van der Waals surface area (Å²) in [4.78, 5) is 50.9. The standard InChI is InChI=1S/C31H40N2O5/c1-30-17-15-24-22(10-12-25-31(24,2)18-16-27(35)33(25)3)23(30)11-9-21(30)19-32-26(34)13-14-28(36)38-29(37)20-7-5-4-6-8-20/h4-8,16,18,21-25H,9-15,17,19H2,1-3H3,(H,32,34)/t21-,22+,23+,24+,25-,30-,31-/m1/s1. The van der Waals surface area contributed by atoms with E-state index in [1.54, 1.807) is 36.4 Å². The number of carbonyl (C=O) groups excluding carboxylic acids is 4. The van der Waals surface area contributed by atoms with Gasteiger partial charge in [0, 0.05) is 31.5 Å². The Bertz CT molecular complexity index is 1130. The molecule has 3 aliphatic carbocycles. The Morgan fingerprint density at radius 3 is 2.53 bits per heavy atom. The molecule has 0 bridgehead atoms. The third-order valence-electron chi connectivity index (χ3n) is 10.6. The molecule has 0 spiro atoms. The van der Waals surface area contributed by atoms with Gasteiger partial charge in [-0.05, 0) is 85.8 Å². The van der Waals surface area contributed by atoms with Crippen molar-refractivity contribution in [2.75, 3.05) is 13.6 Å². The summed E-state index contributed by atoms with van der Waals surface area (Å²) >= 11 is 0. The van der Waals surface area contributed by atoms with Crippen LogP contribution >= 0.6 is 0 Å². The van der Waals surface area contributed by atoms with Crippen molar-refractivity contribution in [3.8, 4) is 0 Å². The zero-order valence-corrected chi connectivity index (χ0v) is 22.8. The number of hydrogen-bond acceptors (Lipinski definition) is 5. The van der Waals surface area contributed by atoms with E-state index in [2.05, 4.69) is 25.2 Å². The smallest absolute Gasteiger partial charge is 0.345 e. The van der Waals surface area contributed by atoms with Crippen LogP contribution in [0.5, 0.6) is 0 Å². The molecule has 7 nitrogen and oxygen atoms in total. The highest BCUT2D eigenvalue weighted by Crippen LogP contribution is 2.65. The number of nitrogens with one attached hydrogen (secondary N) is 1. The van der Waals surface area contributed by atoms with Gasteiger partial charge in [0.05, 0.1) is 12.0 Å². The van der Waals surface area contributed by atoms with Crippen LogP contribution in [0.3, 0.4) is 0 Å². The highest BCUT2D eigenvalue weighted by Gasteiger charge is 2.60. The molecule has 7 heteroatoms. The van der Waals surface area contributed by atoms with Gasteiger partial charge in [-0.1, -0.05) is 38.1 Å². The SMILES string of the molecule is CN1C(=O)C=C[C@]2(C)[C@H]3CC[C@]4(C)[C@@H](CNC(=O)CCC(=O)OC(=O)c5ccccc5)CC[C@H]4[C@@H]3CC[C@@H]12. The van der Waals surface area contributed by atoms with Gasteiger partial charge in [0.2, 0.25) is 11.8 Å². The molecule has 1 aromatic rings. The quantitative estimate of drug-likeness (QED) is 0.440. The highest BCUT2D eigenvalue weighted by atomic mass is 16.6. The number of benzene rings is 1. The number of rotatable bonds is 6. The minimum absolute atomic E-state index is 0.0107. The third kappa shape index (κ3) is 4.69. The summed E-state index contributed by atoms with van der Waals surface area (Å²) in [5.74, 6) is 0.858. The van der Waals surface area contributed by atoms with Crippen molar-refractivity contribution in [2.24, 2.45) is 34.5 Å². The Kier molecular flexibility index (Phi) is 7.23. The Labute approximate surface area is 225 Å². The van der Waals surface area contributed by atoms with Crippen molar-refractivity contribution in [2.45, 2.75) is 71.3 Å². The molecule has 4 aliphatic rings. The molecule has 3 saturated carbocycles. The van der Waals surface area contributed by atoms with E-state index >= 15 is 0 Å². The Hall–Kier alpha value is -2.96. The van der Waals surface area contributed by atoms with E-state index in [1.807, 2.05) is 11.9 Å². The monoisotopic (exact) mass is 520 g/mol. The molecule has 7 atom stereocenters. The van der Waals surface area contributed by atoms with Crippen LogP contribution in [0.2, 0.25) is 0 Å². The van der Waals surface area contributed by atoms with E-state index < -0.39 is 11.9 Å². The van der Waals surface area contributed by atoms with Crippen LogP contribution in [0.25, 0.3) is 0 Å². The fraction of sp³-hybridized carbons (Fsp3) is 0.613. The van der Waals surface area contributed by atoms with E-state index in [0.29, 0.717) is 35.8 Å². The predicted octanol–water partition coefficient (Wildman–Crippen LogP) is 4.52. The topological polar surface area (TPSA) is 92.8 Å². The summed E-state index contributed by atoms with van der Waals surface area (Å²) in [5, 5.41) is 3.07. The number of ether oxygens (including phenoxy) is 1. The number of hydrogen-bond donors (Lipinski definition) is 1. The summed E-state index contributed by atoms with van der Waals surface area (Å²) in [6, 6.07) is 8.65. The summed E-state index contributed by atoms with van der Waals surface area (Å²) < 4.78 is 4.88. The molecule has 1 aromatic carbocycles. The second-order valence-corrected chi connectivity index (χ2v) is 12.4. The largest absolute Gasteiger partial charge is 0.389 e. The van der Waals surface area contributed by atoms with Crippen LogP contribution in [-0.4, -0.2) is 48.3 Å². The van der Waals surface area contributed by atoms with Gasteiger partial charge in [-0.15, -0.1) is 0 Å². The van der Waals surface area contributed by atoms with Gasteiger partial charge in [-0.2, -0.15) is 0 Å². The Balaban J connectivity index is 1.13. The Morgan fingerprint density at radius 1 is 1.00 bits per heavy atom. The molecule has 2 amide bonds. The molecule has 1 N–H and O–H groups in total. The number of nitrogens with zero attached hydrogens (tertiary/aromatic N) is 1. The lowest BCUT2D eigenvalue weighted by atomic mass is 9.47. The molecule has 0 radical (unpaired) electrons. The lowest BCUT2D eigenvalue weighted by Crippen LogP contribution is -2.59. The van der Waals surface area contributed by atoms with Gasteiger partial charge >= 0.3 is 11.9 Å². The second kappa shape index (κ2) is 10.3. The first-order chi connectivity index (χ1) is 18.1. The van der Waals surface area contributed by atoms with E-state index in [-0.39, 0.29) is 41.5 Å². The number of amides is 2. The third-order valence-corrected chi connectivity index (χ3v) is 10.6. The molecular weight excluding hydrogens is 480 g/mol. The molecule has 1 heterocycles. The lowest BCUT2D eigenvalue weighted by Gasteiger charge is -2.60. The fourth-order valence-electron chi connectivity index (χ4n) is 8.51. The van der Waals surface area contributed by atoms with Crippen LogP contribution in [0.1, 0.15) is 75.6 Å². The van der Waals surface area contributed by atoms with E-state index in [0.717, 1.165) is 25.7 Å². The molecule has 1 aliphatic heterocycles. The van der Waals surface area contributed by atoms with E-state index in [4.69, 9.17) is 4.74 Å². The van der Waals surface area contributed by atoms with Crippen molar-refractivity contribution in [3.63, 3.8) is 0 Å². The second-order valence-electron chi connectivity index (χ2n) is 12.4. The average Bonchev–Trinajstić information content (AvgIpc) is 3.25. The van der Waals surface area contributed by atoms with E-state index in [1.165, 1.54) is 12.8 Å². The molecule has 3 fully saturated rings. The molecular formula is C31H40N2O5. The van der Waals surface area contributed by atoms with Crippen molar-refractivity contribution in [1.82, 2.24) is 10.2 Å². The maximum absolute atomic E-state index is 12.6.